The lowest BCUT2D eigenvalue weighted by molar-refractivity contribution is 0.475. The summed E-state index contributed by atoms with van der Waals surface area (Å²) in [7, 11) is 0. The number of benzene rings is 1. The zero-order valence-electron chi connectivity index (χ0n) is 11.9. The highest BCUT2D eigenvalue weighted by atomic mass is 16.3. The molecular weight excluding hydrogens is 250 g/mol. The van der Waals surface area contributed by atoms with Crippen molar-refractivity contribution in [2.45, 2.75) is 20.8 Å². The summed E-state index contributed by atoms with van der Waals surface area (Å²) in [6.07, 6.45) is 0. The van der Waals surface area contributed by atoms with Crippen LogP contribution in [0.4, 0.5) is 11.4 Å². The Morgan fingerprint density at radius 3 is 2.65 bits per heavy atom. The van der Waals surface area contributed by atoms with Gasteiger partial charge in [0.1, 0.15) is 11.8 Å². The van der Waals surface area contributed by atoms with Crippen LogP contribution in [-0.2, 0) is 0 Å². The van der Waals surface area contributed by atoms with E-state index in [9.17, 15) is 10.4 Å². The summed E-state index contributed by atoms with van der Waals surface area (Å²) in [5.74, 6) is 0.210. The molecule has 20 heavy (non-hydrogen) atoms. The zero-order valence-corrected chi connectivity index (χ0v) is 11.9. The lowest BCUT2D eigenvalue weighted by Gasteiger charge is -2.25. The average molecular weight is 267 g/mol. The number of hydrogen-bond acceptors (Lipinski definition) is 4. The Morgan fingerprint density at radius 1 is 1.30 bits per heavy atom. The molecule has 2 rings (SSSR count). The standard InChI is InChI=1S/C16H17N3O/c1-4-19(13-6-5-7-14(20)9-13)16-8-11(2)18-12(3)15(16)10-17/h5-9,20H,4H2,1-3H3. The van der Waals surface area contributed by atoms with Crippen molar-refractivity contribution in [1.29, 1.82) is 5.26 Å². The van der Waals surface area contributed by atoms with E-state index in [2.05, 4.69) is 11.1 Å². The molecule has 0 amide bonds. The summed E-state index contributed by atoms with van der Waals surface area (Å²) < 4.78 is 0. The lowest BCUT2D eigenvalue weighted by Crippen LogP contribution is -2.18. The summed E-state index contributed by atoms with van der Waals surface area (Å²) in [6.45, 7) is 6.46. The molecule has 4 nitrogen and oxygen atoms in total. The Bertz CT molecular complexity index is 674. The molecule has 0 aliphatic heterocycles. The fourth-order valence-corrected chi connectivity index (χ4v) is 2.31. The van der Waals surface area contributed by atoms with Crippen LogP contribution in [0.1, 0.15) is 23.9 Å². The van der Waals surface area contributed by atoms with Crippen molar-refractivity contribution >= 4 is 11.4 Å². The first-order valence-electron chi connectivity index (χ1n) is 6.51. The van der Waals surface area contributed by atoms with Gasteiger partial charge in [0.05, 0.1) is 16.9 Å². The first-order chi connectivity index (χ1) is 9.56. The number of nitriles is 1. The number of aryl methyl sites for hydroxylation is 2. The van der Waals surface area contributed by atoms with Gasteiger partial charge in [0, 0.05) is 24.0 Å². The minimum atomic E-state index is 0.210. The fraction of sp³-hybridized carbons (Fsp3) is 0.250. The highest BCUT2D eigenvalue weighted by Gasteiger charge is 2.15. The molecule has 0 spiro atoms. The summed E-state index contributed by atoms with van der Waals surface area (Å²) in [5.41, 5.74) is 3.84. The van der Waals surface area contributed by atoms with Gasteiger partial charge in [-0.05, 0) is 39.0 Å². The van der Waals surface area contributed by atoms with Gasteiger partial charge >= 0.3 is 0 Å². The van der Waals surface area contributed by atoms with E-state index in [0.29, 0.717) is 12.1 Å². The lowest BCUT2D eigenvalue weighted by atomic mass is 10.1. The van der Waals surface area contributed by atoms with Crippen molar-refractivity contribution in [1.82, 2.24) is 4.98 Å². The Kier molecular flexibility index (Phi) is 3.90. The van der Waals surface area contributed by atoms with Gasteiger partial charge in [-0.1, -0.05) is 6.07 Å². The highest BCUT2D eigenvalue weighted by Crippen LogP contribution is 2.31. The monoisotopic (exact) mass is 267 g/mol. The zero-order chi connectivity index (χ0) is 14.7. The molecule has 0 bridgehead atoms. The number of hydrogen-bond donors (Lipinski definition) is 1. The third-order valence-corrected chi connectivity index (χ3v) is 3.17. The molecule has 0 saturated carbocycles. The van der Waals surface area contributed by atoms with E-state index in [1.165, 1.54) is 0 Å². The van der Waals surface area contributed by atoms with Gasteiger partial charge in [-0.25, -0.2) is 0 Å². The number of nitrogens with zero attached hydrogens (tertiary/aromatic N) is 3. The Hall–Kier alpha value is -2.54. The summed E-state index contributed by atoms with van der Waals surface area (Å²) in [4.78, 5) is 6.33. The predicted molar refractivity (Wildman–Crippen MR) is 79.2 cm³/mol. The van der Waals surface area contributed by atoms with Crippen molar-refractivity contribution in [2.24, 2.45) is 0 Å². The molecular formula is C16H17N3O. The van der Waals surface area contributed by atoms with Crippen LogP contribution in [0.2, 0.25) is 0 Å². The maximum atomic E-state index is 9.64. The number of phenols is 1. The number of rotatable bonds is 3. The third kappa shape index (κ3) is 2.57. The number of aromatic hydroxyl groups is 1. The third-order valence-electron chi connectivity index (χ3n) is 3.17. The van der Waals surface area contributed by atoms with E-state index in [1.54, 1.807) is 18.2 Å². The van der Waals surface area contributed by atoms with Gasteiger partial charge in [0.25, 0.3) is 0 Å². The van der Waals surface area contributed by atoms with Crippen LogP contribution >= 0.6 is 0 Å². The molecule has 102 valence electrons. The largest absolute Gasteiger partial charge is 0.508 e. The second-order valence-electron chi connectivity index (χ2n) is 4.62. The summed E-state index contributed by atoms with van der Waals surface area (Å²) in [5, 5.41) is 19.0. The summed E-state index contributed by atoms with van der Waals surface area (Å²) >= 11 is 0. The van der Waals surface area contributed by atoms with E-state index in [4.69, 9.17) is 0 Å². The number of aromatic nitrogens is 1. The summed E-state index contributed by atoms with van der Waals surface area (Å²) in [6, 6.07) is 11.2. The van der Waals surface area contributed by atoms with Gasteiger partial charge in [0.2, 0.25) is 0 Å². The molecule has 0 aliphatic rings. The van der Waals surface area contributed by atoms with Crippen molar-refractivity contribution in [3.8, 4) is 11.8 Å². The molecule has 2 aromatic rings. The molecule has 0 radical (unpaired) electrons. The molecule has 0 atom stereocenters. The molecule has 4 heteroatoms. The highest BCUT2D eigenvalue weighted by molar-refractivity contribution is 5.71. The first-order valence-corrected chi connectivity index (χ1v) is 6.51. The van der Waals surface area contributed by atoms with E-state index >= 15 is 0 Å². The van der Waals surface area contributed by atoms with Crippen molar-refractivity contribution < 1.29 is 5.11 Å². The predicted octanol–water partition coefficient (Wildman–Crippen LogP) is 3.43. The maximum Gasteiger partial charge on any atom is 0.117 e. The topological polar surface area (TPSA) is 60.1 Å². The quantitative estimate of drug-likeness (QED) is 0.925. The van der Waals surface area contributed by atoms with E-state index in [1.807, 2.05) is 37.8 Å². The molecule has 0 saturated heterocycles. The van der Waals surface area contributed by atoms with Crippen molar-refractivity contribution in [3.05, 3.63) is 47.3 Å². The molecule has 0 unspecified atom stereocenters. The average Bonchev–Trinajstić information content (AvgIpc) is 2.39. The fourth-order valence-electron chi connectivity index (χ4n) is 2.31. The smallest absolute Gasteiger partial charge is 0.117 e. The molecule has 0 fully saturated rings. The van der Waals surface area contributed by atoms with Crippen LogP contribution in [-0.4, -0.2) is 16.6 Å². The molecule has 1 aromatic heterocycles. The van der Waals surface area contributed by atoms with E-state index in [-0.39, 0.29) is 5.75 Å². The second kappa shape index (κ2) is 5.62. The van der Waals surface area contributed by atoms with Gasteiger partial charge in [0.15, 0.2) is 0 Å². The molecule has 1 heterocycles. The van der Waals surface area contributed by atoms with E-state index < -0.39 is 0 Å². The van der Waals surface area contributed by atoms with Crippen LogP contribution in [0.5, 0.6) is 5.75 Å². The Morgan fingerprint density at radius 2 is 2.05 bits per heavy atom. The van der Waals surface area contributed by atoms with Crippen LogP contribution in [0.15, 0.2) is 30.3 Å². The van der Waals surface area contributed by atoms with Crippen molar-refractivity contribution in [2.75, 3.05) is 11.4 Å². The van der Waals surface area contributed by atoms with Gasteiger partial charge in [-0.3, -0.25) is 4.98 Å². The van der Waals surface area contributed by atoms with E-state index in [0.717, 1.165) is 22.8 Å². The van der Waals surface area contributed by atoms with Crippen LogP contribution < -0.4 is 4.90 Å². The molecule has 1 N–H and O–H groups in total. The minimum Gasteiger partial charge on any atom is -0.508 e. The Labute approximate surface area is 118 Å². The van der Waals surface area contributed by atoms with Crippen LogP contribution in [0.3, 0.4) is 0 Å². The maximum absolute atomic E-state index is 9.64. The van der Waals surface area contributed by atoms with Crippen LogP contribution in [0, 0.1) is 25.2 Å². The first kappa shape index (κ1) is 13.9. The van der Waals surface area contributed by atoms with Crippen LogP contribution in [0.25, 0.3) is 0 Å². The Balaban J connectivity index is 2.61. The number of anilines is 2. The molecule has 1 aromatic carbocycles. The minimum absolute atomic E-state index is 0.210. The van der Waals surface area contributed by atoms with Gasteiger partial charge in [-0.15, -0.1) is 0 Å². The number of pyridine rings is 1. The normalized spacial score (nSPS) is 10.1. The SMILES string of the molecule is CCN(c1cccc(O)c1)c1cc(C)nc(C)c1C#N. The van der Waals surface area contributed by atoms with Crippen molar-refractivity contribution in [3.63, 3.8) is 0 Å². The van der Waals surface area contributed by atoms with Gasteiger partial charge < -0.3 is 10.0 Å². The number of phenolic OH excluding ortho intramolecular Hbond substituents is 1. The molecule has 0 aliphatic carbocycles. The second-order valence-corrected chi connectivity index (χ2v) is 4.62. The van der Waals surface area contributed by atoms with Gasteiger partial charge in [-0.2, -0.15) is 5.26 Å².